The van der Waals surface area contributed by atoms with E-state index in [9.17, 15) is 9.59 Å². The van der Waals surface area contributed by atoms with Crippen molar-refractivity contribution in [2.45, 2.75) is 6.42 Å². The van der Waals surface area contributed by atoms with E-state index in [4.69, 9.17) is 21.7 Å². The van der Waals surface area contributed by atoms with Gasteiger partial charge in [-0.3, -0.25) is 14.9 Å². The van der Waals surface area contributed by atoms with Crippen LogP contribution in [0.5, 0.6) is 5.75 Å². The van der Waals surface area contributed by atoms with E-state index in [1.165, 1.54) is 0 Å². The number of benzene rings is 3. The molecule has 0 radical (unpaired) electrons. The van der Waals surface area contributed by atoms with Crippen molar-refractivity contribution in [3.05, 3.63) is 94.0 Å². The fraction of sp³-hybridized carbons (Fsp3) is 0.222. The number of carbonyl (C=O) groups excluding carboxylic acids is 2. The Hall–Kier alpha value is -3.27. The van der Waals surface area contributed by atoms with E-state index in [1.54, 1.807) is 41.3 Å². The van der Waals surface area contributed by atoms with Crippen molar-refractivity contribution in [3.63, 3.8) is 0 Å². The quantitative estimate of drug-likeness (QED) is 0.404. The zero-order chi connectivity index (χ0) is 25.3. The topological polar surface area (TPSA) is 79.9 Å². The van der Waals surface area contributed by atoms with E-state index in [2.05, 4.69) is 26.6 Å². The smallest absolute Gasteiger partial charge is 0.261 e. The van der Waals surface area contributed by atoms with Gasteiger partial charge in [-0.1, -0.05) is 46.3 Å². The third-order valence-electron chi connectivity index (χ3n) is 5.59. The summed E-state index contributed by atoms with van der Waals surface area (Å²) in [7, 11) is 0. The zero-order valence-corrected chi connectivity index (χ0v) is 21.9. The molecule has 0 aliphatic carbocycles. The van der Waals surface area contributed by atoms with Gasteiger partial charge in [-0.25, -0.2) is 0 Å². The number of halogens is 1. The van der Waals surface area contributed by atoms with Gasteiger partial charge in [-0.2, -0.15) is 0 Å². The van der Waals surface area contributed by atoms with Crippen LogP contribution < -0.4 is 15.4 Å². The number of nitrogens with one attached hydrogen (secondary N) is 2. The lowest BCUT2D eigenvalue weighted by Crippen LogP contribution is -2.40. The maximum absolute atomic E-state index is 13.0. The average molecular weight is 568 g/mol. The van der Waals surface area contributed by atoms with E-state index in [-0.39, 0.29) is 16.9 Å². The molecule has 3 aromatic carbocycles. The van der Waals surface area contributed by atoms with E-state index in [1.807, 2.05) is 36.4 Å². The van der Waals surface area contributed by atoms with Gasteiger partial charge in [-0.05, 0) is 60.2 Å². The lowest BCUT2D eigenvalue weighted by atomic mass is 10.1. The average Bonchev–Trinajstić information content (AvgIpc) is 2.90. The second kappa shape index (κ2) is 12.6. The minimum atomic E-state index is -0.386. The lowest BCUT2D eigenvalue weighted by molar-refractivity contribution is 0.0303. The molecule has 0 spiro atoms. The number of hydrogen-bond acceptors (Lipinski definition) is 5. The summed E-state index contributed by atoms with van der Waals surface area (Å²) in [6.45, 7) is 2.71. The Morgan fingerprint density at radius 1 is 1.00 bits per heavy atom. The van der Waals surface area contributed by atoms with Gasteiger partial charge >= 0.3 is 0 Å². The van der Waals surface area contributed by atoms with Crippen molar-refractivity contribution in [1.29, 1.82) is 0 Å². The highest BCUT2D eigenvalue weighted by Crippen LogP contribution is 2.24. The van der Waals surface area contributed by atoms with Crippen molar-refractivity contribution in [3.8, 4) is 5.75 Å². The predicted molar refractivity (Wildman–Crippen MR) is 147 cm³/mol. The molecule has 2 N–H and O–H groups in total. The van der Waals surface area contributed by atoms with Crippen LogP contribution in [0.3, 0.4) is 0 Å². The number of amides is 2. The van der Waals surface area contributed by atoms with Crippen LogP contribution in [0.15, 0.2) is 77.3 Å². The maximum atomic E-state index is 13.0. The van der Waals surface area contributed by atoms with Gasteiger partial charge < -0.3 is 19.7 Å². The van der Waals surface area contributed by atoms with E-state index in [0.29, 0.717) is 55.5 Å². The van der Waals surface area contributed by atoms with Crippen molar-refractivity contribution in [2.24, 2.45) is 0 Å². The molecule has 4 rings (SSSR count). The van der Waals surface area contributed by atoms with E-state index >= 15 is 0 Å². The highest BCUT2D eigenvalue weighted by atomic mass is 79.9. The van der Waals surface area contributed by atoms with Gasteiger partial charge in [-0.15, -0.1) is 0 Å². The Kier molecular flexibility index (Phi) is 9.05. The first-order valence-electron chi connectivity index (χ1n) is 11.6. The van der Waals surface area contributed by atoms with Gasteiger partial charge in [0.1, 0.15) is 5.75 Å². The Bertz CT molecular complexity index is 1220. The standard InChI is InChI=1S/C27H26BrN3O4S/c28-21-8-11-24(35-15-12-19-4-2-1-3-5-19)23(18-21)25(32)30-27(36)29-22-9-6-20(7-10-22)26(33)31-13-16-34-17-14-31/h1-11,18H,12-17H2,(H2,29,30,32,36). The molecule has 1 heterocycles. The fourth-order valence-corrected chi connectivity index (χ4v) is 4.28. The van der Waals surface area contributed by atoms with E-state index in [0.717, 1.165) is 16.5 Å². The van der Waals surface area contributed by atoms with Crippen LogP contribution in [0, 0.1) is 0 Å². The molecule has 0 aromatic heterocycles. The first-order chi connectivity index (χ1) is 17.5. The zero-order valence-electron chi connectivity index (χ0n) is 19.5. The maximum Gasteiger partial charge on any atom is 0.261 e. The molecule has 0 atom stereocenters. The second-order valence-corrected chi connectivity index (χ2v) is 9.44. The Labute approximate surface area is 223 Å². The van der Waals surface area contributed by atoms with Crippen molar-refractivity contribution in [1.82, 2.24) is 10.2 Å². The predicted octanol–water partition coefficient (Wildman–Crippen LogP) is 4.67. The molecular weight excluding hydrogens is 542 g/mol. The number of ether oxygens (including phenoxy) is 2. The number of morpholine rings is 1. The molecule has 2 amide bonds. The molecule has 9 heteroatoms. The van der Waals surface area contributed by atoms with Crippen molar-refractivity contribution in [2.75, 3.05) is 38.2 Å². The summed E-state index contributed by atoms with van der Waals surface area (Å²) in [5, 5.41) is 5.83. The van der Waals surface area contributed by atoms with Crippen LogP contribution in [0.1, 0.15) is 26.3 Å². The third-order valence-corrected chi connectivity index (χ3v) is 6.29. The van der Waals surface area contributed by atoms with Crippen LogP contribution in [-0.4, -0.2) is 54.7 Å². The monoisotopic (exact) mass is 567 g/mol. The molecular formula is C27H26BrN3O4S. The molecule has 36 heavy (non-hydrogen) atoms. The largest absolute Gasteiger partial charge is 0.492 e. The van der Waals surface area contributed by atoms with Gasteiger partial charge in [0.05, 0.1) is 25.4 Å². The highest BCUT2D eigenvalue weighted by molar-refractivity contribution is 9.10. The summed E-state index contributed by atoms with van der Waals surface area (Å²) in [5.74, 6) is 0.0539. The van der Waals surface area contributed by atoms with Crippen LogP contribution >= 0.6 is 28.1 Å². The van der Waals surface area contributed by atoms with Crippen LogP contribution in [0.2, 0.25) is 0 Å². The number of carbonyl (C=O) groups is 2. The van der Waals surface area contributed by atoms with Gasteiger partial charge in [0.25, 0.3) is 11.8 Å². The molecule has 1 saturated heterocycles. The van der Waals surface area contributed by atoms with Crippen LogP contribution in [-0.2, 0) is 11.2 Å². The number of rotatable bonds is 7. The number of hydrogen-bond donors (Lipinski definition) is 2. The number of anilines is 1. The molecule has 1 aliphatic rings. The van der Waals surface area contributed by atoms with Crippen LogP contribution in [0.25, 0.3) is 0 Å². The number of nitrogens with zero attached hydrogens (tertiary/aromatic N) is 1. The summed E-state index contributed by atoms with van der Waals surface area (Å²) in [5.41, 5.74) is 2.77. The summed E-state index contributed by atoms with van der Waals surface area (Å²) >= 11 is 8.76. The molecule has 0 bridgehead atoms. The summed E-state index contributed by atoms with van der Waals surface area (Å²) in [4.78, 5) is 27.3. The van der Waals surface area contributed by atoms with Crippen molar-refractivity contribution >= 4 is 50.8 Å². The molecule has 3 aromatic rings. The van der Waals surface area contributed by atoms with Gasteiger partial charge in [0.15, 0.2) is 5.11 Å². The van der Waals surface area contributed by atoms with Crippen molar-refractivity contribution < 1.29 is 19.1 Å². The first kappa shape index (κ1) is 25.8. The number of thiocarbonyl (C=S) groups is 1. The Morgan fingerprint density at radius 3 is 2.44 bits per heavy atom. The van der Waals surface area contributed by atoms with E-state index < -0.39 is 0 Å². The first-order valence-corrected chi connectivity index (χ1v) is 12.8. The normalized spacial score (nSPS) is 13.1. The minimum Gasteiger partial charge on any atom is -0.492 e. The minimum absolute atomic E-state index is 0.0322. The molecule has 0 unspecified atom stereocenters. The van der Waals surface area contributed by atoms with Crippen LogP contribution in [0.4, 0.5) is 5.69 Å². The highest BCUT2D eigenvalue weighted by Gasteiger charge is 2.19. The lowest BCUT2D eigenvalue weighted by Gasteiger charge is -2.26. The molecule has 0 saturated carbocycles. The summed E-state index contributed by atoms with van der Waals surface area (Å²) in [6.07, 6.45) is 0.724. The molecule has 7 nitrogen and oxygen atoms in total. The molecule has 186 valence electrons. The fourth-order valence-electron chi connectivity index (χ4n) is 3.71. The molecule has 1 aliphatic heterocycles. The van der Waals surface area contributed by atoms with Gasteiger partial charge in [0.2, 0.25) is 0 Å². The summed E-state index contributed by atoms with van der Waals surface area (Å²) in [6, 6.07) is 22.3. The Balaban J connectivity index is 1.33. The SMILES string of the molecule is O=C(NC(=S)Nc1ccc(C(=O)N2CCOCC2)cc1)c1cc(Br)ccc1OCCc1ccccc1. The Morgan fingerprint density at radius 2 is 1.72 bits per heavy atom. The second-order valence-electron chi connectivity index (χ2n) is 8.11. The third kappa shape index (κ3) is 7.13. The van der Waals surface area contributed by atoms with Gasteiger partial charge in [0, 0.05) is 35.2 Å². The molecule has 1 fully saturated rings. The summed E-state index contributed by atoms with van der Waals surface area (Å²) < 4.78 is 12.0.